The Hall–Kier alpha value is 1.04. The van der Waals surface area contributed by atoms with Crippen LogP contribution < -0.4 is 29.6 Å². The fraction of sp³-hybridized carbons (Fsp3) is 0.500. The Bertz CT molecular complexity index is 437. The molecule has 0 aliphatic carbocycles. The van der Waals surface area contributed by atoms with Gasteiger partial charge >= 0.3 is 29.6 Å². The molecule has 0 saturated carbocycles. The third kappa shape index (κ3) is 4.71. The maximum Gasteiger partial charge on any atom is 1.00 e. The van der Waals surface area contributed by atoms with Crippen LogP contribution in [-0.2, 0) is 10.1 Å². The van der Waals surface area contributed by atoms with Gasteiger partial charge in [0.2, 0.25) is 0 Å². The molecule has 0 aromatic carbocycles. The summed E-state index contributed by atoms with van der Waals surface area (Å²) >= 11 is 6.76. The van der Waals surface area contributed by atoms with Crippen LogP contribution in [0, 0.1) is 3.95 Å². The quantitative estimate of drug-likeness (QED) is 0.304. The minimum absolute atomic E-state index is 0. The summed E-state index contributed by atoms with van der Waals surface area (Å²) < 4.78 is 31.4. The van der Waals surface area contributed by atoms with Gasteiger partial charge in [0.25, 0.3) is 0 Å². The number of aromatic nitrogens is 2. The second-order valence-electron chi connectivity index (χ2n) is 2.06. The molecule has 1 rings (SSSR count). The summed E-state index contributed by atoms with van der Waals surface area (Å²) in [4.78, 5) is 0. The standard InChI is InChI=1S/C4H6N2O3S4.Na/c1-2(13(7,8)9)11-4-6-5-3(10)12-4;/h2H,1H3,(H,5,10)(H,7,8,9);/q;+1/p-1. The summed E-state index contributed by atoms with van der Waals surface area (Å²) in [6, 6.07) is 0. The molecule has 0 aliphatic rings. The van der Waals surface area contributed by atoms with E-state index in [0.29, 0.717) is 8.29 Å². The molecule has 1 aromatic heterocycles. The van der Waals surface area contributed by atoms with Gasteiger partial charge in [-0.2, -0.15) is 5.10 Å². The largest absolute Gasteiger partial charge is 1.00 e. The van der Waals surface area contributed by atoms with Crippen LogP contribution in [0.2, 0.25) is 0 Å². The van der Waals surface area contributed by atoms with Crippen molar-refractivity contribution in [2.24, 2.45) is 0 Å². The Labute approximate surface area is 117 Å². The first-order chi connectivity index (χ1) is 5.89. The SMILES string of the molecule is CC(Sc1n[nH]c(=S)s1)S(=O)(=O)[O-].[Na+]. The number of thioether (sulfide) groups is 1. The molecular weight excluding hydrogens is 275 g/mol. The minimum Gasteiger partial charge on any atom is -0.747 e. The number of hydrogen-bond acceptors (Lipinski definition) is 7. The average Bonchev–Trinajstić information content (AvgIpc) is 2.33. The van der Waals surface area contributed by atoms with E-state index in [2.05, 4.69) is 10.2 Å². The number of aromatic amines is 1. The van der Waals surface area contributed by atoms with Crippen LogP contribution >= 0.6 is 35.3 Å². The zero-order valence-corrected chi connectivity index (χ0v) is 12.6. The molecule has 1 aromatic rings. The Morgan fingerprint density at radius 3 is 2.64 bits per heavy atom. The van der Waals surface area contributed by atoms with Crippen molar-refractivity contribution in [2.75, 3.05) is 0 Å². The summed E-state index contributed by atoms with van der Waals surface area (Å²) in [7, 11) is -4.26. The first-order valence-electron chi connectivity index (χ1n) is 3.06. The van der Waals surface area contributed by atoms with Crippen molar-refractivity contribution < 1.29 is 42.5 Å². The molecule has 10 heteroatoms. The van der Waals surface area contributed by atoms with Gasteiger partial charge in [0, 0.05) is 0 Å². The van der Waals surface area contributed by atoms with Crippen molar-refractivity contribution in [2.45, 2.75) is 15.8 Å². The molecule has 14 heavy (non-hydrogen) atoms. The van der Waals surface area contributed by atoms with Gasteiger partial charge in [-0.3, -0.25) is 5.10 Å². The summed E-state index contributed by atoms with van der Waals surface area (Å²) in [5.74, 6) is 0. The van der Waals surface area contributed by atoms with E-state index in [1.165, 1.54) is 6.92 Å². The number of nitrogens with one attached hydrogen (secondary N) is 1. The molecule has 0 bridgehead atoms. The van der Waals surface area contributed by atoms with E-state index in [0.717, 1.165) is 23.1 Å². The van der Waals surface area contributed by atoms with Crippen LogP contribution in [0.5, 0.6) is 0 Å². The van der Waals surface area contributed by atoms with Gasteiger partial charge in [-0.15, -0.1) is 0 Å². The average molecular weight is 280 g/mol. The predicted octanol–water partition coefficient (Wildman–Crippen LogP) is -1.81. The molecule has 0 amide bonds. The van der Waals surface area contributed by atoms with E-state index in [1.807, 2.05) is 0 Å². The van der Waals surface area contributed by atoms with Gasteiger partial charge in [-0.25, -0.2) is 8.42 Å². The van der Waals surface area contributed by atoms with Crippen molar-refractivity contribution in [1.82, 2.24) is 10.2 Å². The van der Waals surface area contributed by atoms with Gasteiger partial charge in [0.05, 0.1) is 4.58 Å². The molecule has 0 fully saturated rings. The molecule has 0 saturated heterocycles. The zero-order valence-electron chi connectivity index (χ0n) is 7.38. The Morgan fingerprint density at radius 1 is 1.71 bits per heavy atom. The van der Waals surface area contributed by atoms with Crippen molar-refractivity contribution in [3.05, 3.63) is 3.95 Å². The molecule has 0 radical (unpaired) electrons. The van der Waals surface area contributed by atoms with Crippen LogP contribution in [0.25, 0.3) is 0 Å². The van der Waals surface area contributed by atoms with Crippen molar-refractivity contribution in [1.29, 1.82) is 0 Å². The van der Waals surface area contributed by atoms with Crippen molar-refractivity contribution >= 4 is 45.4 Å². The van der Waals surface area contributed by atoms with Crippen LogP contribution in [0.4, 0.5) is 0 Å². The summed E-state index contributed by atoms with van der Waals surface area (Å²) in [6.45, 7) is 1.32. The molecular formula is C4H5N2NaO3S4. The normalized spacial score (nSPS) is 13.3. The van der Waals surface area contributed by atoms with Crippen LogP contribution in [-0.4, -0.2) is 27.7 Å². The monoisotopic (exact) mass is 280 g/mol. The Balaban J connectivity index is 0.00000169. The molecule has 74 valence electrons. The number of H-pyrrole nitrogens is 1. The van der Waals surface area contributed by atoms with E-state index in [4.69, 9.17) is 12.2 Å². The predicted molar refractivity (Wildman–Crippen MR) is 52.3 cm³/mol. The molecule has 1 unspecified atom stereocenters. The first kappa shape index (κ1) is 15.0. The molecule has 1 N–H and O–H groups in total. The third-order valence-electron chi connectivity index (χ3n) is 1.09. The second-order valence-corrected chi connectivity index (χ2v) is 7.30. The summed E-state index contributed by atoms with van der Waals surface area (Å²) in [5, 5.41) is 6.21. The molecule has 1 atom stereocenters. The van der Waals surface area contributed by atoms with Gasteiger partial charge in [-0.05, 0) is 19.1 Å². The van der Waals surface area contributed by atoms with E-state index in [1.54, 1.807) is 0 Å². The van der Waals surface area contributed by atoms with Crippen LogP contribution in [0.1, 0.15) is 6.92 Å². The zero-order chi connectivity index (χ0) is 10.1. The van der Waals surface area contributed by atoms with Gasteiger partial charge in [0.1, 0.15) is 10.1 Å². The Kier molecular flexibility index (Phi) is 6.39. The minimum atomic E-state index is -4.26. The molecule has 5 nitrogen and oxygen atoms in total. The summed E-state index contributed by atoms with van der Waals surface area (Å²) in [6.07, 6.45) is 0. The van der Waals surface area contributed by atoms with Gasteiger partial charge in [-0.1, -0.05) is 23.1 Å². The van der Waals surface area contributed by atoms with E-state index in [9.17, 15) is 13.0 Å². The van der Waals surface area contributed by atoms with Gasteiger partial charge < -0.3 is 4.55 Å². The maximum atomic E-state index is 10.5. The smallest absolute Gasteiger partial charge is 0.747 e. The number of rotatable bonds is 3. The van der Waals surface area contributed by atoms with Crippen molar-refractivity contribution in [3.8, 4) is 0 Å². The number of nitrogens with zero attached hydrogens (tertiary/aromatic N) is 1. The first-order valence-corrected chi connectivity index (χ1v) is 6.64. The topological polar surface area (TPSA) is 85.9 Å². The van der Waals surface area contributed by atoms with Crippen molar-refractivity contribution in [3.63, 3.8) is 0 Å². The van der Waals surface area contributed by atoms with E-state index >= 15 is 0 Å². The van der Waals surface area contributed by atoms with Gasteiger partial charge in [0.15, 0.2) is 8.29 Å². The fourth-order valence-electron chi connectivity index (χ4n) is 0.468. The molecule has 1 heterocycles. The maximum absolute atomic E-state index is 10.5. The summed E-state index contributed by atoms with van der Waals surface area (Å²) in [5.41, 5.74) is 0. The second kappa shape index (κ2) is 5.94. The molecule has 0 spiro atoms. The van der Waals surface area contributed by atoms with E-state index in [-0.39, 0.29) is 29.6 Å². The van der Waals surface area contributed by atoms with E-state index < -0.39 is 14.7 Å². The molecule has 0 aliphatic heterocycles. The number of hydrogen-bond donors (Lipinski definition) is 1. The third-order valence-corrected chi connectivity index (χ3v) is 4.95. The fourth-order valence-corrected chi connectivity index (χ4v) is 3.43. The Morgan fingerprint density at radius 2 is 2.29 bits per heavy atom. The van der Waals surface area contributed by atoms with Crippen LogP contribution in [0.3, 0.4) is 0 Å². The van der Waals surface area contributed by atoms with Crippen LogP contribution in [0.15, 0.2) is 4.34 Å².